The highest BCUT2D eigenvalue weighted by Gasteiger charge is 2.26. The number of hydrogen-bond donors (Lipinski definition) is 1. The van der Waals surface area contributed by atoms with Crippen molar-refractivity contribution in [1.82, 2.24) is 25.0 Å². The molecule has 0 aromatic carbocycles. The molecule has 0 aliphatic carbocycles. The number of hydrogen-bond acceptors (Lipinski definition) is 5. The molecular formula is C16H30N6O2. The Hall–Kier alpha value is -1.83. The van der Waals surface area contributed by atoms with Crippen molar-refractivity contribution in [1.29, 1.82) is 0 Å². The lowest BCUT2D eigenvalue weighted by molar-refractivity contribution is 0.135. The predicted octanol–water partition coefficient (Wildman–Crippen LogP) is 1.10. The van der Waals surface area contributed by atoms with Crippen molar-refractivity contribution < 1.29 is 9.53 Å². The van der Waals surface area contributed by atoms with E-state index in [0.29, 0.717) is 19.7 Å². The molecule has 2 heterocycles. The first kappa shape index (κ1) is 18.5. The fourth-order valence-electron chi connectivity index (χ4n) is 3.03. The van der Waals surface area contributed by atoms with Gasteiger partial charge in [-0.1, -0.05) is 20.8 Å². The van der Waals surface area contributed by atoms with Crippen LogP contribution in [0.3, 0.4) is 0 Å². The van der Waals surface area contributed by atoms with Crippen LogP contribution in [-0.2, 0) is 11.8 Å². The summed E-state index contributed by atoms with van der Waals surface area (Å²) in [6, 6.07) is 0.0122. The lowest BCUT2D eigenvalue weighted by Gasteiger charge is -2.36. The third kappa shape index (κ3) is 5.09. The standard InChI is InChI=1S/C16H30N6O2/c1-16(2,3)10-13(11-24-5)18-15(23)22-8-6-21(7-9-22)14-19-17-12-20(14)4/h12-13H,6-11H2,1-5H3,(H,18,23). The van der Waals surface area contributed by atoms with Gasteiger partial charge >= 0.3 is 6.03 Å². The van der Waals surface area contributed by atoms with Crippen LogP contribution < -0.4 is 10.2 Å². The number of urea groups is 1. The molecule has 1 aromatic heterocycles. The Morgan fingerprint density at radius 2 is 2.00 bits per heavy atom. The van der Waals surface area contributed by atoms with Crippen molar-refractivity contribution in [3.8, 4) is 0 Å². The Bertz CT molecular complexity index is 531. The van der Waals surface area contributed by atoms with E-state index in [1.807, 2.05) is 16.5 Å². The second kappa shape index (κ2) is 7.83. The number of rotatable bonds is 5. The van der Waals surface area contributed by atoms with Gasteiger partial charge in [-0.25, -0.2) is 4.79 Å². The molecule has 0 spiro atoms. The normalized spacial score (nSPS) is 17.0. The van der Waals surface area contributed by atoms with Gasteiger partial charge in [0.15, 0.2) is 0 Å². The molecule has 1 atom stereocenters. The number of carbonyl (C=O) groups excluding carboxylic acids is 1. The summed E-state index contributed by atoms with van der Waals surface area (Å²) < 4.78 is 7.15. The van der Waals surface area contributed by atoms with E-state index in [-0.39, 0.29) is 17.5 Å². The van der Waals surface area contributed by atoms with Crippen LogP contribution in [0, 0.1) is 5.41 Å². The largest absolute Gasteiger partial charge is 0.383 e. The predicted molar refractivity (Wildman–Crippen MR) is 93.1 cm³/mol. The molecule has 8 heteroatoms. The number of nitrogens with one attached hydrogen (secondary N) is 1. The number of anilines is 1. The van der Waals surface area contributed by atoms with E-state index >= 15 is 0 Å². The Kier molecular flexibility index (Phi) is 6.04. The average molecular weight is 338 g/mol. The molecule has 1 saturated heterocycles. The molecular weight excluding hydrogens is 308 g/mol. The van der Waals surface area contributed by atoms with Gasteiger partial charge in [-0.05, 0) is 11.8 Å². The number of nitrogens with zero attached hydrogens (tertiary/aromatic N) is 5. The molecule has 8 nitrogen and oxygen atoms in total. The number of carbonyl (C=O) groups is 1. The molecule has 136 valence electrons. The van der Waals surface area contributed by atoms with Crippen molar-refractivity contribution in [2.45, 2.75) is 33.2 Å². The summed E-state index contributed by atoms with van der Waals surface area (Å²) in [7, 11) is 3.59. The number of aryl methyl sites for hydroxylation is 1. The number of ether oxygens (including phenoxy) is 1. The highest BCUT2D eigenvalue weighted by Crippen LogP contribution is 2.21. The Morgan fingerprint density at radius 1 is 1.33 bits per heavy atom. The van der Waals surface area contributed by atoms with Crippen molar-refractivity contribution in [3.05, 3.63) is 6.33 Å². The molecule has 1 N–H and O–H groups in total. The molecule has 0 radical (unpaired) electrons. The van der Waals surface area contributed by atoms with Gasteiger partial charge in [-0.3, -0.25) is 0 Å². The lowest BCUT2D eigenvalue weighted by Crippen LogP contribution is -2.54. The Labute approximate surface area is 144 Å². The van der Waals surface area contributed by atoms with Crippen LogP contribution in [0.1, 0.15) is 27.2 Å². The van der Waals surface area contributed by atoms with Crippen LogP contribution >= 0.6 is 0 Å². The van der Waals surface area contributed by atoms with Crippen molar-refractivity contribution in [2.24, 2.45) is 12.5 Å². The first-order valence-electron chi connectivity index (χ1n) is 8.43. The maximum Gasteiger partial charge on any atom is 0.317 e. The highest BCUT2D eigenvalue weighted by molar-refractivity contribution is 5.74. The minimum absolute atomic E-state index is 0.0149. The van der Waals surface area contributed by atoms with Gasteiger partial charge in [0, 0.05) is 40.3 Å². The second-order valence-electron chi connectivity index (χ2n) is 7.58. The molecule has 1 unspecified atom stereocenters. The van der Waals surface area contributed by atoms with E-state index < -0.39 is 0 Å². The third-order valence-electron chi connectivity index (χ3n) is 4.09. The summed E-state index contributed by atoms with van der Waals surface area (Å²) in [6.07, 6.45) is 2.57. The molecule has 24 heavy (non-hydrogen) atoms. The van der Waals surface area contributed by atoms with Crippen LogP contribution in [0.15, 0.2) is 6.33 Å². The monoisotopic (exact) mass is 338 g/mol. The topological polar surface area (TPSA) is 75.5 Å². The first-order chi connectivity index (χ1) is 11.3. The number of amides is 2. The minimum Gasteiger partial charge on any atom is -0.383 e. The van der Waals surface area contributed by atoms with E-state index in [4.69, 9.17) is 4.74 Å². The molecule has 2 rings (SSSR count). The molecule has 2 amide bonds. The average Bonchev–Trinajstić information content (AvgIpc) is 2.92. The molecule has 0 bridgehead atoms. The summed E-state index contributed by atoms with van der Waals surface area (Å²) in [5, 5.41) is 11.2. The maximum absolute atomic E-state index is 12.5. The molecule has 1 fully saturated rings. The summed E-state index contributed by atoms with van der Waals surface area (Å²) >= 11 is 0. The van der Waals surface area contributed by atoms with Crippen LogP contribution in [0.2, 0.25) is 0 Å². The molecule has 0 saturated carbocycles. The van der Waals surface area contributed by atoms with Gasteiger partial charge in [0.2, 0.25) is 5.95 Å². The van der Waals surface area contributed by atoms with Crippen molar-refractivity contribution in [3.63, 3.8) is 0 Å². The zero-order valence-corrected chi connectivity index (χ0v) is 15.4. The quantitative estimate of drug-likeness (QED) is 0.870. The first-order valence-corrected chi connectivity index (χ1v) is 8.43. The van der Waals surface area contributed by atoms with Crippen LogP contribution in [-0.4, -0.2) is 71.6 Å². The van der Waals surface area contributed by atoms with E-state index in [1.165, 1.54) is 0 Å². The third-order valence-corrected chi connectivity index (χ3v) is 4.09. The van der Waals surface area contributed by atoms with Gasteiger partial charge < -0.3 is 24.4 Å². The van der Waals surface area contributed by atoms with Gasteiger partial charge in [0.25, 0.3) is 0 Å². The second-order valence-corrected chi connectivity index (χ2v) is 7.58. The fraction of sp³-hybridized carbons (Fsp3) is 0.812. The molecule has 1 aromatic rings. The van der Waals surface area contributed by atoms with Crippen LogP contribution in [0.5, 0.6) is 0 Å². The van der Waals surface area contributed by atoms with Crippen LogP contribution in [0.4, 0.5) is 10.7 Å². The lowest BCUT2D eigenvalue weighted by atomic mass is 9.88. The van der Waals surface area contributed by atoms with Crippen molar-refractivity contribution in [2.75, 3.05) is 44.8 Å². The minimum atomic E-state index is -0.0149. The van der Waals surface area contributed by atoms with E-state index in [2.05, 4.69) is 41.2 Å². The van der Waals surface area contributed by atoms with E-state index in [0.717, 1.165) is 25.5 Å². The zero-order chi connectivity index (χ0) is 17.7. The number of methoxy groups -OCH3 is 1. The van der Waals surface area contributed by atoms with Crippen LogP contribution in [0.25, 0.3) is 0 Å². The Morgan fingerprint density at radius 3 is 2.50 bits per heavy atom. The van der Waals surface area contributed by atoms with Gasteiger partial charge in [0.1, 0.15) is 6.33 Å². The number of aromatic nitrogens is 3. The Balaban J connectivity index is 1.86. The number of piperazine rings is 1. The van der Waals surface area contributed by atoms with Gasteiger partial charge in [-0.2, -0.15) is 0 Å². The smallest absolute Gasteiger partial charge is 0.317 e. The summed E-state index contributed by atoms with van der Waals surface area (Å²) in [5.74, 6) is 0.847. The SMILES string of the molecule is COCC(CC(C)(C)C)NC(=O)N1CCN(c2nncn2C)CC1. The zero-order valence-electron chi connectivity index (χ0n) is 15.4. The summed E-state index contributed by atoms with van der Waals surface area (Å²) in [4.78, 5) is 16.5. The summed E-state index contributed by atoms with van der Waals surface area (Å²) in [6.45, 7) is 9.90. The molecule has 1 aliphatic heterocycles. The maximum atomic E-state index is 12.5. The van der Waals surface area contributed by atoms with E-state index in [9.17, 15) is 4.79 Å². The van der Waals surface area contributed by atoms with Gasteiger partial charge in [-0.15, -0.1) is 10.2 Å². The van der Waals surface area contributed by atoms with Crippen molar-refractivity contribution >= 4 is 12.0 Å². The van der Waals surface area contributed by atoms with E-state index in [1.54, 1.807) is 13.4 Å². The van der Waals surface area contributed by atoms with Gasteiger partial charge in [0.05, 0.1) is 12.6 Å². The fourth-order valence-corrected chi connectivity index (χ4v) is 3.03. The molecule has 1 aliphatic rings. The highest BCUT2D eigenvalue weighted by atomic mass is 16.5. The summed E-state index contributed by atoms with van der Waals surface area (Å²) in [5.41, 5.74) is 0.139.